The standard InChI is InChI=1S/C15H18N2O/c1-11-9-13(12(2)17(11)3)10-16-14-5-7-15(18-4)8-6-14/h5-10H,1-4H3. The second kappa shape index (κ2) is 5.08. The Hall–Kier alpha value is -2.03. The lowest BCUT2D eigenvalue weighted by Crippen LogP contribution is -1.93. The summed E-state index contributed by atoms with van der Waals surface area (Å²) in [5.41, 5.74) is 4.55. The van der Waals surface area contributed by atoms with E-state index in [2.05, 4.69) is 36.5 Å². The zero-order chi connectivity index (χ0) is 13.1. The van der Waals surface area contributed by atoms with E-state index in [1.54, 1.807) is 7.11 Å². The molecule has 0 bridgehead atoms. The third-order valence-electron chi connectivity index (χ3n) is 3.24. The summed E-state index contributed by atoms with van der Waals surface area (Å²) in [6.45, 7) is 4.19. The van der Waals surface area contributed by atoms with Gasteiger partial charge in [-0.2, -0.15) is 0 Å². The Morgan fingerprint density at radius 1 is 1.17 bits per heavy atom. The van der Waals surface area contributed by atoms with Crippen LogP contribution in [0.4, 0.5) is 5.69 Å². The van der Waals surface area contributed by atoms with Crippen LogP contribution in [0.3, 0.4) is 0 Å². The number of benzene rings is 1. The van der Waals surface area contributed by atoms with Gasteiger partial charge in [-0.3, -0.25) is 4.99 Å². The highest BCUT2D eigenvalue weighted by molar-refractivity contribution is 5.83. The normalized spacial score (nSPS) is 11.1. The fraction of sp³-hybridized carbons (Fsp3) is 0.267. The third kappa shape index (κ3) is 2.45. The first-order chi connectivity index (χ1) is 8.61. The molecule has 0 aliphatic rings. The minimum atomic E-state index is 0.848. The molecule has 0 amide bonds. The van der Waals surface area contributed by atoms with E-state index < -0.39 is 0 Å². The quantitative estimate of drug-likeness (QED) is 0.758. The Bertz CT molecular complexity index is 565. The highest BCUT2D eigenvalue weighted by Gasteiger charge is 2.03. The van der Waals surface area contributed by atoms with Gasteiger partial charge in [-0.25, -0.2) is 0 Å². The fourth-order valence-electron chi connectivity index (χ4n) is 1.83. The lowest BCUT2D eigenvalue weighted by Gasteiger charge is -2.00. The molecule has 0 unspecified atom stereocenters. The highest BCUT2D eigenvalue weighted by Crippen LogP contribution is 2.18. The van der Waals surface area contributed by atoms with Gasteiger partial charge >= 0.3 is 0 Å². The molecule has 0 spiro atoms. The number of hydrogen-bond acceptors (Lipinski definition) is 2. The van der Waals surface area contributed by atoms with Gasteiger partial charge in [0.2, 0.25) is 0 Å². The zero-order valence-electron chi connectivity index (χ0n) is 11.3. The molecule has 1 heterocycles. The van der Waals surface area contributed by atoms with Crippen molar-refractivity contribution in [2.45, 2.75) is 13.8 Å². The van der Waals surface area contributed by atoms with Crippen molar-refractivity contribution >= 4 is 11.9 Å². The SMILES string of the molecule is COc1ccc(N=Cc2cc(C)n(C)c2C)cc1. The van der Waals surface area contributed by atoms with Gasteiger partial charge in [-0.15, -0.1) is 0 Å². The molecule has 0 aliphatic heterocycles. The summed E-state index contributed by atoms with van der Waals surface area (Å²) in [7, 11) is 3.73. The molecule has 3 heteroatoms. The van der Waals surface area contributed by atoms with E-state index in [4.69, 9.17) is 4.74 Å². The minimum Gasteiger partial charge on any atom is -0.497 e. The number of rotatable bonds is 3. The summed E-state index contributed by atoms with van der Waals surface area (Å²) in [5, 5.41) is 0. The van der Waals surface area contributed by atoms with Gasteiger partial charge in [-0.05, 0) is 44.2 Å². The Morgan fingerprint density at radius 3 is 2.33 bits per heavy atom. The van der Waals surface area contributed by atoms with Crippen LogP contribution >= 0.6 is 0 Å². The first kappa shape index (κ1) is 12.4. The van der Waals surface area contributed by atoms with Crippen LogP contribution in [-0.4, -0.2) is 17.9 Å². The van der Waals surface area contributed by atoms with Crippen LogP contribution in [0.2, 0.25) is 0 Å². The lowest BCUT2D eigenvalue weighted by molar-refractivity contribution is 0.415. The fourth-order valence-corrected chi connectivity index (χ4v) is 1.83. The maximum absolute atomic E-state index is 5.11. The largest absolute Gasteiger partial charge is 0.497 e. The topological polar surface area (TPSA) is 26.5 Å². The summed E-state index contributed by atoms with van der Waals surface area (Å²) in [4.78, 5) is 4.47. The van der Waals surface area contributed by atoms with E-state index in [1.807, 2.05) is 30.5 Å². The molecule has 0 N–H and O–H groups in total. The molecule has 2 rings (SSSR count). The van der Waals surface area contributed by atoms with Crippen molar-refractivity contribution in [2.24, 2.45) is 12.0 Å². The Morgan fingerprint density at radius 2 is 1.83 bits per heavy atom. The van der Waals surface area contributed by atoms with Crippen molar-refractivity contribution in [1.29, 1.82) is 0 Å². The van der Waals surface area contributed by atoms with Crippen LogP contribution in [-0.2, 0) is 7.05 Å². The predicted octanol–water partition coefficient (Wildman–Crippen LogP) is 3.40. The van der Waals surface area contributed by atoms with Gasteiger partial charge < -0.3 is 9.30 Å². The van der Waals surface area contributed by atoms with Gasteiger partial charge in [0.25, 0.3) is 0 Å². The summed E-state index contributed by atoms with van der Waals surface area (Å²) in [5.74, 6) is 0.848. The molecular formula is C15H18N2O. The van der Waals surface area contributed by atoms with Crippen molar-refractivity contribution in [3.63, 3.8) is 0 Å². The molecular weight excluding hydrogens is 224 g/mol. The molecule has 0 atom stereocenters. The first-order valence-corrected chi connectivity index (χ1v) is 5.93. The number of aromatic nitrogens is 1. The molecule has 1 aromatic heterocycles. The Balaban J connectivity index is 2.21. The molecule has 0 saturated carbocycles. The molecule has 3 nitrogen and oxygen atoms in total. The molecule has 2 aromatic rings. The van der Waals surface area contributed by atoms with Crippen LogP contribution < -0.4 is 4.74 Å². The maximum Gasteiger partial charge on any atom is 0.119 e. The molecule has 0 saturated heterocycles. The number of hydrogen-bond donors (Lipinski definition) is 0. The Kier molecular flexibility index (Phi) is 3.51. The highest BCUT2D eigenvalue weighted by atomic mass is 16.5. The van der Waals surface area contributed by atoms with E-state index in [0.717, 1.165) is 17.0 Å². The summed E-state index contributed by atoms with van der Waals surface area (Å²) < 4.78 is 7.28. The van der Waals surface area contributed by atoms with Crippen molar-refractivity contribution < 1.29 is 4.74 Å². The van der Waals surface area contributed by atoms with Crippen molar-refractivity contribution in [1.82, 2.24) is 4.57 Å². The van der Waals surface area contributed by atoms with E-state index in [0.29, 0.717) is 0 Å². The smallest absolute Gasteiger partial charge is 0.119 e. The monoisotopic (exact) mass is 242 g/mol. The lowest BCUT2D eigenvalue weighted by atomic mass is 10.2. The van der Waals surface area contributed by atoms with Crippen LogP contribution in [0.25, 0.3) is 0 Å². The second-order valence-electron chi connectivity index (χ2n) is 4.34. The summed E-state index contributed by atoms with van der Waals surface area (Å²) in [6.07, 6.45) is 1.91. The van der Waals surface area contributed by atoms with Gasteiger partial charge in [0.1, 0.15) is 5.75 Å². The van der Waals surface area contributed by atoms with E-state index in [1.165, 1.54) is 11.4 Å². The van der Waals surface area contributed by atoms with Crippen LogP contribution in [0.1, 0.15) is 17.0 Å². The third-order valence-corrected chi connectivity index (χ3v) is 3.24. The zero-order valence-corrected chi connectivity index (χ0v) is 11.3. The van der Waals surface area contributed by atoms with E-state index in [9.17, 15) is 0 Å². The number of methoxy groups -OCH3 is 1. The molecule has 0 aliphatic carbocycles. The molecule has 94 valence electrons. The summed E-state index contributed by atoms with van der Waals surface area (Å²) in [6, 6.07) is 9.86. The van der Waals surface area contributed by atoms with Crippen molar-refractivity contribution in [3.8, 4) is 5.75 Å². The van der Waals surface area contributed by atoms with Crippen molar-refractivity contribution in [3.05, 3.63) is 47.3 Å². The van der Waals surface area contributed by atoms with E-state index >= 15 is 0 Å². The first-order valence-electron chi connectivity index (χ1n) is 5.93. The number of ether oxygens (including phenoxy) is 1. The second-order valence-corrected chi connectivity index (χ2v) is 4.34. The number of aliphatic imine (C=N–C) groups is 1. The van der Waals surface area contributed by atoms with Crippen LogP contribution in [0.15, 0.2) is 35.3 Å². The van der Waals surface area contributed by atoms with Gasteiger partial charge in [0.05, 0.1) is 12.8 Å². The van der Waals surface area contributed by atoms with Crippen LogP contribution in [0, 0.1) is 13.8 Å². The molecule has 0 fully saturated rings. The average Bonchev–Trinajstić information content (AvgIpc) is 2.64. The van der Waals surface area contributed by atoms with Crippen LogP contribution in [0.5, 0.6) is 5.75 Å². The number of aryl methyl sites for hydroxylation is 1. The summed E-state index contributed by atoms with van der Waals surface area (Å²) >= 11 is 0. The number of nitrogens with zero attached hydrogens (tertiary/aromatic N) is 2. The Labute approximate surface area is 108 Å². The van der Waals surface area contributed by atoms with Gasteiger partial charge in [0, 0.05) is 30.2 Å². The van der Waals surface area contributed by atoms with Gasteiger partial charge in [-0.1, -0.05) is 0 Å². The molecule has 0 radical (unpaired) electrons. The minimum absolute atomic E-state index is 0.848. The van der Waals surface area contributed by atoms with Crippen molar-refractivity contribution in [2.75, 3.05) is 7.11 Å². The van der Waals surface area contributed by atoms with Gasteiger partial charge in [0.15, 0.2) is 0 Å². The molecule has 1 aromatic carbocycles. The van der Waals surface area contributed by atoms with E-state index in [-0.39, 0.29) is 0 Å². The average molecular weight is 242 g/mol. The maximum atomic E-state index is 5.11. The molecule has 18 heavy (non-hydrogen) atoms. The predicted molar refractivity (Wildman–Crippen MR) is 75.1 cm³/mol.